The van der Waals surface area contributed by atoms with Crippen LogP contribution in [0.2, 0.25) is 0 Å². The van der Waals surface area contributed by atoms with E-state index in [0.29, 0.717) is 18.8 Å². The Hall–Kier alpha value is -2.73. The van der Waals surface area contributed by atoms with Crippen LogP contribution in [0, 0.1) is 0 Å². The zero-order valence-electron chi connectivity index (χ0n) is 24.7. The Morgan fingerprint density at radius 2 is 1.70 bits per heavy atom. The number of aliphatic hydroxyl groups excluding tert-OH is 2. The fraction of sp³-hybridized carbons (Fsp3) is 0.438. The summed E-state index contributed by atoms with van der Waals surface area (Å²) in [5.74, 6) is -0.701. The smallest absolute Gasteiger partial charge is 0.268 e. The quantitative estimate of drug-likeness (QED) is 0.139. The van der Waals surface area contributed by atoms with E-state index in [1.54, 1.807) is 30.6 Å². The van der Waals surface area contributed by atoms with Crippen LogP contribution in [0.4, 0.5) is 0 Å². The van der Waals surface area contributed by atoms with Crippen molar-refractivity contribution in [3.05, 3.63) is 83.7 Å². The molecule has 1 fully saturated rings. The van der Waals surface area contributed by atoms with E-state index < -0.39 is 22.0 Å². The molecule has 1 saturated carbocycles. The molecule has 1 amide bonds. The molecule has 1 aliphatic rings. The lowest BCUT2D eigenvalue weighted by molar-refractivity contribution is 0.0972. The normalized spacial score (nSPS) is 14.4. The molecule has 0 radical (unpaired) electrons. The minimum Gasteiger partial charge on any atom is -0.490 e. The van der Waals surface area contributed by atoms with Crippen LogP contribution in [0.5, 0.6) is 5.75 Å². The van der Waals surface area contributed by atoms with Gasteiger partial charge in [0, 0.05) is 31.1 Å². The Labute approximate surface area is 272 Å². The van der Waals surface area contributed by atoms with Gasteiger partial charge in [0.25, 0.3) is 5.91 Å². The molecule has 9 nitrogen and oxygen atoms in total. The van der Waals surface area contributed by atoms with Crippen molar-refractivity contribution in [1.29, 1.82) is 0 Å². The van der Waals surface area contributed by atoms with Crippen LogP contribution in [0.25, 0.3) is 11.1 Å². The van der Waals surface area contributed by atoms with Crippen molar-refractivity contribution in [3.63, 3.8) is 0 Å². The van der Waals surface area contributed by atoms with Crippen molar-refractivity contribution < 1.29 is 28.2 Å². The molecule has 0 aliphatic heterocycles. The van der Waals surface area contributed by atoms with Gasteiger partial charge < -0.3 is 20.3 Å². The number of nitrogens with one attached hydrogen (secondary N) is 2. The second-order valence-corrected chi connectivity index (χ2v) is 12.6. The summed E-state index contributed by atoms with van der Waals surface area (Å²) >= 11 is 0. The number of aromatic nitrogens is 1. The third-order valence-electron chi connectivity index (χ3n) is 7.43. The van der Waals surface area contributed by atoms with Gasteiger partial charge >= 0.3 is 0 Å². The molecule has 0 saturated heterocycles. The Morgan fingerprint density at radius 3 is 2.36 bits per heavy atom. The van der Waals surface area contributed by atoms with Gasteiger partial charge in [-0.25, -0.2) is 13.1 Å². The molecule has 1 aromatic heterocycles. The number of aliphatic hydroxyl groups is 2. The fourth-order valence-electron chi connectivity index (χ4n) is 5.05. The summed E-state index contributed by atoms with van der Waals surface area (Å²) in [5.41, 5.74) is 3.91. The molecule has 242 valence electrons. The highest BCUT2D eigenvalue weighted by atomic mass is 35.5. The molecule has 44 heavy (non-hydrogen) atoms. The maximum atomic E-state index is 13.0. The van der Waals surface area contributed by atoms with Crippen molar-refractivity contribution in [2.45, 2.75) is 63.6 Å². The van der Waals surface area contributed by atoms with Gasteiger partial charge in [0.1, 0.15) is 5.75 Å². The number of hydrogen-bond donors (Lipinski definition) is 4. The maximum Gasteiger partial charge on any atom is 0.268 e. The predicted molar refractivity (Wildman–Crippen MR) is 177 cm³/mol. The van der Waals surface area contributed by atoms with Gasteiger partial charge in [0.05, 0.1) is 23.5 Å². The lowest BCUT2D eigenvalue weighted by Gasteiger charge is -2.20. The van der Waals surface area contributed by atoms with E-state index in [1.807, 2.05) is 24.3 Å². The van der Waals surface area contributed by atoms with Gasteiger partial charge in [-0.1, -0.05) is 49.2 Å². The van der Waals surface area contributed by atoms with E-state index in [0.717, 1.165) is 67.2 Å². The highest BCUT2D eigenvalue weighted by Gasteiger charge is 2.22. The van der Waals surface area contributed by atoms with Gasteiger partial charge in [-0.3, -0.25) is 9.78 Å². The number of hydrogen-bond acceptors (Lipinski definition) is 8. The molecule has 1 atom stereocenters. The fourth-order valence-corrected chi connectivity index (χ4v) is 6.06. The molecule has 4 N–H and O–H groups in total. The molecule has 0 spiro atoms. The van der Waals surface area contributed by atoms with Gasteiger partial charge in [-0.15, -0.1) is 24.8 Å². The first-order chi connectivity index (χ1) is 20.3. The zero-order valence-corrected chi connectivity index (χ0v) is 27.1. The topological polar surface area (TPSA) is 138 Å². The van der Waals surface area contributed by atoms with Gasteiger partial charge in [0.2, 0.25) is 10.0 Å². The minimum atomic E-state index is -3.88. The molecule has 1 heterocycles. The molecule has 0 unspecified atom stereocenters. The summed E-state index contributed by atoms with van der Waals surface area (Å²) in [5, 5.41) is 22.6. The monoisotopic (exact) mass is 667 g/mol. The first-order valence-corrected chi connectivity index (χ1v) is 16.3. The Bertz CT molecular complexity index is 1390. The average molecular weight is 669 g/mol. The highest BCUT2D eigenvalue weighted by molar-refractivity contribution is 7.90. The zero-order chi connectivity index (χ0) is 29.8. The second-order valence-electron chi connectivity index (χ2n) is 10.7. The van der Waals surface area contributed by atoms with Crippen LogP contribution in [0.3, 0.4) is 0 Å². The van der Waals surface area contributed by atoms with Crippen LogP contribution >= 0.6 is 24.8 Å². The van der Waals surface area contributed by atoms with Crippen molar-refractivity contribution in [1.82, 2.24) is 15.0 Å². The molecule has 4 rings (SSSR count). The van der Waals surface area contributed by atoms with Crippen molar-refractivity contribution in [2.24, 2.45) is 0 Å². The molecular weight excluding hydrogens is 625 g/mol. The second kappa shape index (κ2) is 18.9. The van der Waals surface area contributed by atoms with Crippen LogP contribution in [-0.4, -0.2) is 61.1 Å². The summed E-state index contributed by atoms with van der Waals surface area (Å²) in [6.07, 6.45) is 9.74. The molecule has 12 heteroatoms. The Kier molecular flexibility index (Phi) is 16.1. The van der Waals surface area contributed by atoms with Crippen LogP contribution in [-0.2, 0) is 16.4 Å². The minimum absolute atomic E-state index is 0. The number of sulfonamides is 1. The number of rotatable bonds is 14. The third kappa shape index (κ3) is 11.6. The van der Waals surface area contributed by atoms with Crippen molar-refractivity contribution in [2.75, 3.05) is 25.4 Å². The summed E-state index contributed by atoms with van der Waals surface area (Å²) in [6.45, 7) is 0.877. The molecule has 2 aromatic carbocycles. The third-order valence-corrected chi connectivity index (χ3v) is 8.75. The number of amides is 1. The first-order valence-electron chi connectivity index (χ1n) is 14.7. The molecule has 3 aromatic rings. The SMILES string of the molecule is Cl.Cl.O=C(NS(=O)(=O)CCCO)c1ccc(-c2ccc(CCNC[C@@H](O)c3cccnc3)cc2)cc1OC1CCCCCC1. The summed E-state index contributed by atoms with van der Waals surface area (Å²) < 4.78 is 33.1. The van der Waals surface area contributed by atoms with Gasteiger partial charge in [-0.05, 0) is 80.0 Å². The van der Waals surface area contributed by atoms with E-state index in [-0.39, 0.29) is 55.3 Å². The average Bonchev–Trinajstić information content (AvgIpc) is 3.27. The standard InChI is InChI=1S/C32H41N3O6S.2ClH/c36-19-6-20-42(39,40)35-32(38)29-15-14-26(21-31(29)41-28-8-3-1-2-4-9-28)25-12-10-24(11-13-25)16-18-34-23-30(37)27-7-5-17-33-22-27;;/h5,7,10-15,17,21-22,28,30,34,36-37H,1-4,6,8-9,16,18-20,23H2,(H,35,38);2*1H/t30-;;/m1../s1. The number of nitrogens with zero attached hydrogens (tertiary/aromatic N) is 1. The number of carbonyl (C=O) groups excluding carboxylic acids is 1. The number of ether oxygens (including phenoxy) is 1. The van der Waals surface area contributed by atoms with Crippen molar-refractivity contribution >= 4 is 40.7 Å². The largest absolute Gasteiger partial charge is 0.490 e. The van der Waals surface area contributed by atoms with Crippen LogP contribution in [0.1, 0.15) is 72.5 Å². The van der Waals surface area contributed by atoms with E-state index in [2.05, 4.69) is 27.2 Å². The van der Waals surface area contributed by atoms with E-state index >= 15 is 0 Å². The number of pyridine rings is 1. The van der Waals surface area contributed by atoms with Crippen molar-refractivity contribution in [3.8, 4) is 16.9 Å². The molecular formula is C32H43Cl2N3O6S. The lowest BCUT2D eigenvalue weighted by Crippen LogP contribution is -2.33. The van der Waals surface area contributed by atoms with Crippen LogP contribution in [0.15, 0.2) is 67.0 Å². The molecule has 0 bridgehead atoms. The first kappa shape index (κ1) is 37.5. The Balaban J connectivity index is 0.00000337. The van der Waals surface area contributed by atoms with Gasteiger partial charge in [0.15, 0.2) is 0 Å². The lowest BCUT2D eigenvalue weighted by atomic mass is 10.0. The summed E-state index contributed by atoms with van der Waals surface area (Å²) in [4.78, 5) is 17.1. The van der Waals surface area contributed by atoms with E-state index in [9.17, 15) is 18.3 Å². The number of carbonyl (C=O) groups is 1. The number of benzene rings is 2. The van der Waals surface area contributed by atoms with Crippen LogP contribution < -0.4 is 14.8 Å². The maximum absolute atomic E-state index is 13.0. The van der Waals surface area contributed by atoms with E-state index in [1.165, 1.54) is 0 Å². The molecule has 1 aliphatic carbocycles. The highest BCUT2D eigenvalue weighted by Crippen LogP contribution is 2.31. The summed E-state index contributed by atoms with van der Waals surface area (Å²) in [6, 6.07) is 17.0. The number of halogens is 2. The Morgan fingerprint density at radius 1 is 1.00 bits per heavy atom. The summed E-state index contributed by atoms with van der Waals surface area (Å²) in [7, 11) is -3.88. The predicted octanol–water partition coefficient (Wildman–Crippen LogP) is 5.00. The van der Waals surface area contributed by atoms with Gasteiger partial charge in [-0.2, -0.15) is 0 Å². The van der Waals surface area contributed by atoms with E-state index in [4.69, 9.17) is 9.84 Å².